The van der Waals surface area contributed by atoms with Crippen molar-refractivity contribution >= 4 is 17.5 Å². The van der Waals surface area contributed by atoms with Crippen molar-refractivity contribution in [2.24, 2.45) is 0 Å². The normalized spacial score (nSPS) is 21.5. The third-order valence-corrected chi connectivity index (χ3v) is 5.22. The first-order chi connectivity index (χ1) is 12.2. The molecule has 2 saturated heterocycles. The van der Waals surface area contributed by atoms with Crippen LogP contribution in [0.3, 0.4) is 0 Å². The van der Waals surface area contributed by atoms with E-state index in [4.69, 9.17) is 0 Å². The van der Waals surface area contributed by atoms with Crippen molar-refractivity contribution in [3.05, 3.63) is 24.5 Å². The Hall–Kier alpha value is -1.95. The van der Waals surface area contributed by atoms with E-state index in [0.29, 0.717) is 24.8 Å². The maximum Gasteiger partial charge on any atom is 0.225 e. The second-order valence-corrected chi connectivity index (χ2v) is 7.00. The molecule has 1 aromatic heterocycles. The lowest BCUT2D eigenvalue weighted by Gasteiger charge is -2.36. The summed E-state index contributed by atoms with van der Waals surface area (Å²) in [6.07, 6.45) is 10.2. The largest absolute Gasteiger partial charge is 0.343 e. The van der Waals surface area contributed by atoms with Crippen LogP contribution in [0.2, 0.25) is 0 Å². The maximum absolute atomic E-state index is 12.2. The van der Waals surface area contributed by atoms with Gasteiger partial charge in [-0.2, -0.15) is 0 Å². The summed E-state index contributed by atoms with van der Waals surface area (Å²) in [6.45, 7) is 3.62. The zero-order valence-electron chi connectivity index (χ0n) is 14.8. The number of amides is 2. The van der Waals surface area contributed by atoms with E-state index in [2.05, 4.69) is 15.2 Å². The van der Waals surface area contributed by atoms with Crippen molar-refractivity contribution < 1.29 is 9.59 Å². The molecule has 0 spiro atoms. The van der Waals surface area contributed by atoms with Gasteiger partial charge < -0.3 is 10.2 Å². The number of likely N-dealkylation sites (tertiary alicyclic amines) is 2. The molecule has 0 aliphatic carbocycles. The number of carbonyl (C=O) groups excluding carboxylic acids is 2. The Morgan fingerprint density at radius 1 is 1.24 bits per heavy atom. The van der Waals surface area contributed by atoms with Gasteiger partial charge in [-0.3, -0.25) is 19.5 Å². The average molecular weight is 344 g/mol. The van der Waals surface area contributed by atoms with Crippen LogP contribution < -0.4 is 5.32 Å². The van der Waals surface area contributed by atoms with Gasteiger partial charge in [0.25, 0.3) is 0 Å². The number of nitrogens with one attached hydrogen (secondary N) is 1. The number of nitrogens with zero attached hydrogens (tertiary/aromatic N) is 3. The lowest BCUT2D eigenvalue weighted by Crippen LogP contribution is -2.43. The number of hydrogen-bond acceptors (Lipinski definition) is 4. The van der Waals surface area contributed by atoms with Crippen molar-refractivity contribution in [3.8, 4) is 0 Å². The molecule has 0 unspecified atom stereocenters. The van der Waals surface area contributed by atoms with E-state index in [1.54, 1.807) is 12.4 Å². The molecular weight excluding hydrogens is 316 g/mol. The molecule has 3 heterocycles. The van der Waals surface area contributed by atoms with Crippen LogP contribution in [-0.4, -0.2) is 58.8 Å². The van der Waals surface area contributed by atoms with Gasteiger partial charge in [-0.15, -0.1) is 0 Å². The highest BCUT2D eigenvalue weighted by molar-refractivity contribution is 5.90. The van der Waals surface area contributed by atoms with Crippen LogP contribution in [0.25, 0.3) is 0 Å². The van der Waals surface area contributed by atoms with Crippen LogP contribution in [-0.2, 0) is 9.59 Å². The SMILES string of the molecule is O=C(CCN1CCCC[C@@H]1CCN1CCCC1=O)Nc1cccnc1. The first-order valence-electron chi connectivity index (χ1n) is 9.44. The molecule has 2 amide bonds. The smallest absolute Gasteiger partial charge is 0.225 e. The van der Waals surface area contributed by atoms with Gasteiger partial charge in [-0.25, -0.2) is 0 Å². The van der Waals surface area contributed by atoms with Gasteiger partial charge in [-0.05, 0) is 44.4 Å². The highest BCUT2D eigenvalue weighted by Crippen LogP contribution is 2.21. The fourth-order valence-electron chi connectivity index (χ4n) is 3.83. The van der Waals surface area contributed by atoms with Crippen molar-refractivity contribution in [2.45, 2.75) is 51.0 Å². The van der Waals surface area contributed by atoms with Gasteiger partial charge in [0.2, 0.25) is 11.8 Å². The zero-order valence-corrected chi connectivity index (χ0v) is 14.8. The molecule has 136 valence electrons. The second-order valence-electron chi connectivity index (χ2n) is 7.00. The van der Waals surface area contributed by atoms with Gasteiger partial charge in [0.15, 0.2) is 0 Å². The number of hydrogen-bond donors (Lipinski definition) is 1. The molecule has 0 saturated carbocycles. The molecule has 2 aliphatic heterocycles. The molecule has 3 rings (SSSR count). The summed E-state index contributed by atoms with van der Waals surface area (Å²) in [7, 11) is 0. The first-order valence-corrected chi connectivity index (χ1v) is 9.44. The van der Waals surface area contributed by atoms with Crippen molar-refractivity contribution in [1.82, 2.24) is 14.8 Å². The number of pyridine rings is 1. The molecule has 2 aliphatic rings. The number of carbonyl (C=O) groups is 2. The zero-order chi connectivity index (χ0) is 17.5. The van der Waals surface area contributed by atoms with E-state index in [1.807, 2.05) is 17.0 Å². The van der Waals surface area contributed by atoms with Gasteiger partial charge in [0.05, 0.1) is 11.9 Å². The van der Waals surface area contributed by atoms with E-state index in [9.17, 15) is 9.59 Å². The molecule has 6 heteroatoms. The molecule has 0 bridgehead atoms. The second kappa shape index (κ2) is 8.94. The minimum absolute atomic E-state index is 0.0343. The standard InChI is InChI=1S/C19H28N4O2/c24-18(21-16-5-3-10-20-15-16)9-14-22-11-2-1-6-17(22)8-13-23-12-4-7-19(23)25/h3,5,10,15,17H,1-2,4,6-9,11-14H2,(H,21,24)/t17-/m1/s1. The highest BCUT2D eigenvalue weighted by Gasteiger charge is 2.25. The fourth-order valence-corrected chi connectivity index (χ4v) is 3.83. The van der Waals surface area contributed by atoms with Crippen molar-refractivity contribution in [3.63, 3.8) is 0 Å². The summed E-state index contributed by atoms with van der Waals surface area (Å²) in [5, 5.41) is 2.90. The average Bonchev–Trinajstić information content (AvgIpc) is 3.05. The molecule has 6 nitrogen and oxygen atoms in total. The predicted molar refractivity (Wildman–Crippen MR) is 97.1 cm³/mol. The summed E-state index contributed by atoms with van der Waals surface area (Å²) in [6, 6.07) is 4.16. The van der Waals surface area contributed by atoms with E-state index in [1.165, 1.54) is 19.3 Å². The summed E-state index contributed by atoms with van der Waals surface area (Å²) in [4.78, 5) is 32.4. The number of anilines is 1. The molecule has 1 N–H and O–H groups in total. The Labute approximate surface area is 149 Å². The van der Waals surface area contributed by atoms with E-state index in [0.717, 1.165) is 44.7 Å². The molecule has 1 aromatic rings. The number of rotatable bonds is 7. The molecule has 0 radical (unpaired) electrons. The highest BCUT2D eigenvalue weighted by atomic mass is 16.2. The van der Waals surface area contributed by atoms with Crippen LogP contribution in [0.4, 0.5) is 5.69 Å². The first kappa shape index (κ1) is 17.9. The lowest BCUT2D eigenvalue weighted by molar-refractivity contribution is -0.127. The van der Waals surface area contributed by atoms with Gasteiger partial charge >= 0.3 is 0 Å². The maximum atomic E-state index is 12.2. The third kappa shape index (κ3) is 5.26. The Morgan fingerprint density at radius 2 is 2.16 bits per heavy atom. The summed E-state index contributed by atoms with van der Waals surface area (Å²) >= 11 is 0. The minimum atomic E-state index is 0.0343. The topological polar surface area (TPSA) is 65.5 Å². The summed E-state index contributed by atoms with van der Waals surface area (Å²) in [5.41, 5.74) is 0.746. The molecular formula is C19H28N4O2. The van der Waals surface area contributed by atoms with Crippen LogP contribution in [0, 0.1) is 0 Å². The van der Waals surface area contributed by atoms with Crippen LogP contribution >= 0.6 is 0 Å². The van der Waals surface area contributed by atoms with Gasteiger partial charge in [0.1, 0.15) is 0 Å². The summed E-state index contributed by atoms with van der Waals surface area (Å²) < 4.78 is 0. The van der Waals surface area contributed by atoms with Gasteiger partial charge in [-0.1, -0.05) is 6.42 Å². The predicted octanol–water partition coefficient (Wildman–Crippen LogP) is 2.28. The minimum Gasteiger partial charge on any atom is -0.343 e. The number of aromatic nitrogens is 1. The Kier molecular flexibility index (Phi) is 6.39. The lowest BCUT2D eigenvalue weighted by atomic mass is 9.99. The fraction of sp³-hybridized carbons (Fsp3) is 0.632. The van der Waals surface area contributed by atoms with Crippen LogP contribution in [0.1, 0.15) is 44.9 Å². The Bertz CT molecular complexity index is 578. The van der Waals surface area contributed by atoms with Crippen LogP contribution in [0.5, 0.6) is 0 Å². The van der Waals surface area contributed by atoms with Crippen molar-refractivity contribution in [1.29, 1.82) is 0 Å². The Morgan fingerprint density at radius 3 is 2.92 bits per heavy atom. The van der Waals surface area contributed by atoms with Gasteiger partial charge in [0, 0.05) is 44.7 Å². The van der Waals surface area contributed by atoms with E-state index >= 15 is 0 Å². The molecule has 2 fully saturated rings. The van der Waals surface area contributed by atoms with Crippen LogP contribution in [0.15, 0.2) is 24.5 Å². The monoisotopic (exact) mass is 344 g/mol. The van der Waals surface area contributed by atoms with Crippen molar-refractivity contribution in [2.75, 3.05) is 31.5 Å². The third-order valence-electron chi connectivity index (χ3n) is 5.22. The van der Waals surface area contributed by atoms with E-state index in [-0.39, 0.29) is 5.91 Å². The molecule has 25 heavy (non-hydrogen) atoms. The molecule has 0 aromatic carbocycles. The summed E-state index contributed by atoms with van der Waals surface area (Å²) in [5.74, 6) is 0.338. The number of piperidine rings is 1. The quantitative estimate of drug-likeness (QED) is 0.824. The Balaban J connectivity index is 1.44. The molecule has 1 atom stereocenters. The van der Waals surface area contributed by atoms with E-state index < -0.39 is 0 Å².